The third kappa shape index (κ3) is 2.23. The summed E-state index contributed by atoms with van der Waals surface area (Å²) in [6.45, 7) is 4.33. The molecule has 1 amide bonds. The van der Waals surface area contributed by atoms with Crippen LogP contribution in [-0.2, 0) is 6.67 Å². The van der Waals surface area contributed by atoms with Gasteiger partial charge in [-0.3, -0.25) is 9.48 Å². The minimum Gasteiger partial charge on any atom is -0.364 e. The maximum absolute atomic E-state index is 10.9. The number of nitrogens with two attached hydrogens (primary N) is 1. The normalized spacial score (nSPS) is 10.8. The van der Waals surface area contributed by atoms with Crippen LogP contribution in [0.15, 0.2) is 16.7 Å². The standard InChI is InChI=1S/C10H12BrN5O/c1-6-9(11)7(2)16(13-6)5-15-4-3-8(14-15)10(12)17/h3-4H,5H2,1-2H3,(H2,12,17). The number of aryl methyl sites for hydroxylation is 1. The number of aromatic nitrogens is 4. The average molecular weight is 298 g/mol. The summed E-state index contributed by atoms with van der Waals surface area (Å²) >= 11 is 3.45. The van der Waals surface area contributed by atoms with Crippen LogP contribution in [-0.4, -0.2) is 25.5 Å². The van der Waals surface area contributed by atoms with Gasteiger partial charge in [0.15, 0.2) is 0 Å². The van der Waals surface area contributed by atoms with Gasteiger partial charge in [-0.15, -0.1) is 0 Å². The zero-order valence-corrected chi connectivity index (χ0v) is 11.1. The van der Waals surface area contributed by atoms with E-state index in [9.17, 15) is 4.79 Å². The van der Waals surface area contributed by atoms with Gasteiger partial charge < -0.3 is 5.73 Å². The van der Waals surface area contributed by atoms with Gasteiger partial charge >= 0.3 is 0 Å². The van der Waals surface area contributed by atoms with Crippen LogP contribution in [0.5, 0.6) is 0 Å². The molecule has 2 heterocycles. The molecule has 0 aliphatic heterocycles. The Morgan fingerprint density at radius 3 is 2.65 bits per heavy atom. The summed E-state index contributed by atoms with van der Waals surface area (Å²) in [7, 11) is 0. The molecular formula is C10H12BrN5O. The van der Waals surface area contributed by atoms with Crippen molar-refractivity contribution in [3.05, 3.63) is 33.8 Å². The Balaban J connectivity index is 2.25. The summed E-state index contributed by atoms with van der Waals surface area (Å²) in [6, 6.07) is 1.59. The first-order valence-electron chi connectivity index (χ1n) is 5.02. The molecular weight excluding hydrogens is 286 g/mol. The van der Waals surface area contributed by atoms with Crippen molar-refractivity contribution in [1.82, 2.24) is 19.6 Å². The number of carbonyl (C=O) groups is 1. The molecule has 0 radical (unpaired) electrons. The fourth-order valence-electron chi connectivity index (χ4n) is 1.52. The number of hydrogen-bond donors (Lipinski definition) is 1. The second-order valence-corrected chi connectivity index (χ2v) is 4.52. The molecule has 90 valence electrons. The Hall–Kier alpha value is -1.63. The van der Waals surface area contributed by atoms with E-state index < -0.39 is 5.91 Å². The smallest absolute Gasteiger partial charge is 0.269 e. The van der Waals surface area contributed by atoms with Gasteiger partial charge in [-0.25, -0.2) is 4.68 Å². The Morgan fingerprint density at radius 1 is 1.47 bits per heavy atom. The SMILES string of the molecule is Cc1nn(Cn2ccc(C(N)=O)n2)c(C)c1Br. The molecule has 0 saturated carbocycles. The second-order valence-electron chi connectivity index (χ2n) is 3.73. The van der Waals surface area contributed by atoms with Crippen molar-refractivity contribution in [2.75, 3.05) is 0 Å². The molecule has 2 rings (SSSR count). The van der Waals surface area contributed by atoms with E-state index in [-0.39, 0.29) is 5.69 Å². The molecule has 0 atom stereocenters. The van der Waals surface area contributed by atoms with Gasteiger partial charge in [-0.05, 0) is 35.8 Å². The van der Waals surface area contributed by atoms with Crippen LogP contribution in [0.2, 0.25) is 0 Å². The highest BCUT2D eigenvalue weighted by Gasteiger charge is 2.10. The highest BCUT2D eigenvalue weighted by molar-refractivity contribution is 9.10. The lowest BCUT2D eigenvalue weighted by molar-refractivity contribution is 0.0994. The van der Waals surface area contributed by atoms with Crippen molar-refractivity contribution in [1.29, 1.82) is 0 Å². The largest absolute Gasteiger partial charge is 0.364 e. The van der Waals surface area contributed by atoms with Gasteiger partial charge in [-0.1, -0.05) is 0 Å². The topological polar surface area (TPSA) is 78.7 Å². The van der Waals surface area contributed by atoms with Crippen molar-refractivity contribution in [2.45, 2.75) is 20.5 Å². The lowest BCUT2D eigenvalue weighted by Crippen LogP contribution is -2.15. The molecule has 0 aliphatic rings. The summed E-state index contributed by atoms with van der Waals surface area (Å²) in [5.74, 6) is -0.529. The van der Waals surface area contributed by atoms with Gasteiger partial charge in [-0.2, -0.15) is 10.2 Å². The fourth-order valence-corrected chi connectivity index (χ4v) is 1.81. The molecule has 2 aromatic rings. The maximum atomic E-state index is 10.9. The minimum atomic E-state index is -0.529. The van der Waals surface area contributed by atoms with E-state index in [1.54, 1.807) is 21.6 Å². The van der Waals surface area contributed by atoms with Crippen molar-refractivity contribution < 1.29 is 4.79 Å². The lowest BCUT2D eigenvalue weighted by Gasteiger charge is -2.04. The Bertz CT molecular complexity index is 571. The predicted octanol–water partition coefficient (Wildman–Crippen LogP) is 1.06. The van der Waals surface area contributed by atoms with Gasteiger partial charge in [0.2, 0.25) is 0 Å². The summed E-state index contributed by atoms with van der Waals surface area (Å²) < 4.78 is 4.41. The van der Waals surface area contributed by atoms with E-state index in [1.807, 2.05) is 13.8 Å². The third-order valence-electron chi connectivity index (χ3n) is 2.47. The molecule has 6 nitrogen and oxygen atoms in total. The number of halogens is 1. The van der Waals surface area contributed by atoms with Crippen LogP contribution in [0.25, 0.3) is 0 Å². The highest BCUT2D eigenvalue weighted by atomic mass is 79.9. The Morgan fingerprint density at radius 2 is 2.18 bits per heavy atom. The van der Waals surface area contributed by atoms with Crippen LogP contribution in [0, 0.1) is 13.8 Å². The summed E-state index contributed by atoms with van der Waals surface area (Å²) in [5.41, 5.74) is 7.32. The molecule has 0 fully saturated rings. The van der Waals surface area contributed by atoms with Gasteiger partial charge in [0.1, 0.15) is 12.4 Å². The molecule has 0 unspecified atom stereocenters. The van der Waals surface area contributed by atoms with E-state index in [0.29, 0.717) is 6.67 Å². The Labute approximate surface area is 107 Å². The van der Waals surface area contributed by atoms with Crippen molar-refractivity contribution >= 4 is 21.8 Å². The summed E-state index contributed by atoms with van der Waals surface area (Å²) in [4.78, 5) is 10.9. The average Bonchev–Trinajstić information content (AvgIpc) is 2.82. The lowest BCUT2D eigenvalue weighted by atomic mass is 10.4. The first-order valence-corrected chi connectivity index (χ1v) is 5.81. The molecule has 0 aromatic carbocycles. The van der Waals surface area contributed by atoms with Crippen LogP contribution in [0.4, 0.5) is 0 Å². The van der Waals surface area contributed by atoms with E-state index in [4.69, 9.17) is 5.73 Å². The Kier molecular flexibility index (Phi) is 3.01. The number of rotatable bonds is 3. The molecule has 0 spiro atoms. The first kappa shape index (κ1) is 11.8. The fraction of sp³-hybridized carbons (Fsp3) is 0.300. The van der Waals surface area contributed by atoms with Crippen molar-refractivity contribution in [3.63, 3.8) is 0 Å². The second kappa shape index (κ2) is 4.33. The minimum absolute atomic E-state index is 0.255. The molecule has 2 aromatic heterocycles. The van der Waals surface area contributed by atoms with Crippen LogP contribution >= 0.6 is 15.9 Å². The van der Waals surface area contributed by atoms with Crippen LogP contribution in [0.3, 0.4) is 0 Å². The van der Waals surface area contributed by atoms with Gasteiger partial charge in [0.05, 0.1) is 15.9 Å². The van der Waals surface area contributed by atoms with E-state index in [2.05, 4.69) is 26.1 Å². The summed E-state index contributed by atoms with van der Waals surface area (Å²) in [5, 5.41) is 8.40. The molecule has 0 aliphatic carbocycles. The quantitative estimate of drug-likeness (QED) is 0.920. The molecule has 17 heavy (non-hydrogen) atoms. The van der Waals surface area contributed by atoms with E-state index in [0.717, 1.165) is 15.9 Å². The summed E-state index contributed by atoms with van der Waals surface area (Å²) in [6.07, 6.45) is 1.70. The van der Waals surface area contributed by atoms with Crippen LogP contribution < -0.4 is 5.73 Å². The van der Waals surface area contributed by atoms with E-state index >= 15 is 0 Å². The van der Waals surface area contributed by atoms with Crippen molar-refractivity contribution in [3.8, 4) is 0 Å². The first-order chi connectivity index (χ1) is 7.99. The molecule has 0 bridgehead atoms. The number of nitrogens with zero attached hydrogens (tertiary/aromatic N) is 4. The predicted molar refractivity (Wildman–Crippen MR) is 65.5 cm³/mol. The maximum Gasteiger partial charge on any atom is 0.269 e. The van der Waals surface area contributed by atoms with Crippen molar-refractivity contribution in [2.24, 2.45) is 5.73 Å². The molecule has 0 saturated heterocycles. The highest BCUT2D eigenvalue weighted by Crippen LogP contribution is 2.19. The number of carbonyl (C=O) groups excluding carboxylic acids is 1. The van der Waals surface area contributed by atoms with Crippen LogP contribution in [0.1, 0.15) is 21.9 Å². The number of primary amides is 1. The zero-order chi connectivity index (χ0) is 12.6. The zero-order valence-electron chi connectivity index (χ0n) is 9.51. The molecule has 2 N–H and O–H groups in total. The third-order valence-corrected chi connectivity index (χ3v) is 3.61. The number of amides is 1. The van der Waals surface area contributed by atoms with Gasteiger partial charge in [0, 0.05) is 6.20 Å². The number of hydrogen-bond acceptors (Lipinski definition) is 3. The monoisotopic (exact) mass is 297 g/mol. The van der Waals surface area contributed by atoms with Gasteiger partial charge in [0.25, 0.3) is 5.91 Å². The molecule has 7 heteroatoms. The van der Waals surface area contributed by atoms with E-state index in [1.165, 1.54) is 0 Å².